The first-order valence-electron chi connectivity index (χ1n) is 8.16. The Morgan fingerprint density at radius 2 is 1.54 bits per heavy atom. The van der Waals surface area contributed by atoms with E-state index < -0.39 is 0 Å². The Morgan fingerprint density at radius 1 is 0.917 bits per heavy atom. The number of aromatic nitrogens is 3. The second-order valence-corrected chi connectivity index (χ2v) is 5.53. The molecule has 0 spiro atoms. The summed E-state index contributed by atoms with van der Waals surface area (Å²) in [5.74, 6) is 7.93. The third kappa shape index (κ3) is 3.69. The molecule has 0 saturated carbocycles. The number of hydrogen-bond donors (Lipinski definition) is 0. The molecule has 0 atom stereocenters. The van der Waals surface area contributed by atoms with Gasteiger partial charge in [-0.1, -0.05) is 30.8 Å². The van der Waals surface area contributed by atoms with Gasteiger partial charge in [-0.2, -0.15) is 4.98 Å². The van der Waals surface area contributed by atoms with E-state index in [1.165, 1.54) is 0 Å². The molecule has 4 heteroatoms. The normalized spacial score (nSPS) is 10.5. The molecule has 4 nitrogen and oxygen atoms in total. The van der Waals surface area contributed by atoms with E-state index in [2.05, 4.69) is 40.8 Å². The molecular formula is C20H19N3O. The quantitative estimate of drug-likeness (QED) is 0.668. The van der Waals surface area contributed by atoms with Crippen molar-refractivity contribution >= 4 is 0 Å². The van der Waals surface area contributed by atoms with Crippen molar-refractivity contribution in [3.63, 3.8) is 0 Å². The Balaban J connectivity index is 1.77. The molecule has 2 aromatic heterocycles. The Hall–Kier alpha value is -2.93. The number of nitrogens with zero attached hydrogens (tertiary/aromatic N) is 3. The monoisotopic (exact) mass is 317 g/mol. The topological polar surface area (TPSA) is 51.8 Å². The number of hydrogen-bond acceptors (Lipinski definition) is 4. The predicted octanol–water partition coefficient (Wildman–Crippen LogP) is 4.44. The van der Waals surface area contributed by atoms with Crippen molar-refractivity contribution < 1.29 is 4.52 Å². The van der Waals surface area contributed by atoms with Gasteiger partial charge in [0, 0.05) is 35.0 Å². The molecule has 0 aliphatic heterocycles. The van der Waals surface area contributed by atoms with Crippen LogP contribution in [0.2, 0.25) is 0 Å². The molecule has 3 rings (SSSR count). The van der Waals surface area contributed by atoms with Crippen LogP contribution in [0.4, 0.5) is 0 Å². The molecule has 0 N–H and O–H groups in total. The first-order valence-corrected chi connectivity index (χ1v) is 8.16. The molecule has 1 aromatic carbocycles. The average molecular weight is 317 g/mol. The summed E-state index contributed by atoms with van der Waals surface area (Å²) >= 11 is 0. The minimum atomic E-state index is 0.330. The highest BCUT2D eigenvalue weighted by atomic mass is 16.5. The summed E-state index contributed by atoms with van der Waals surface area (Å²) in [6.07, 6.45) is 5.48. The lowest BCUT2D eigenvalue weighted by atomic mass is 10.0. The van der Waals surface area contributed by atoms with Crippen LogP contribution in [0.5, 0.6) is 0 Å². The summed E-state index contributed by atoms with van der Waals surface area (Å²) in [5, 5.41) is 4.10. The zero-order valence-corrected chi connectivity index (χ0v) is 13.9. The van der Waals surface area contributed by atoms with Crippen molar-refractivity contribution in [2.75, 3.05) is 0 Å². The Bertz CT molecular complexity index is 838. The van der Waals surface area contributed by atoms with E-state index in [1.807, 2.05) is 36.4 Å². The van der Waals surface area contributed by atoms with Gasteiger partial charge in [0.15, 0.2) is 0 Å². The van der Waals surface area contributed by atoms with E-state index >= 15 is 0 Å². The van der Waals surface area contributed by atoms with Crippen molar-refractivity contribution in [3.8, 4) is 23.2 Å². The van der Waals surface area contributed by atoms with Gasteiger partial charge in [0.05, 0.1) is 0 Å². The lowest BCUT2D eigenvalue weighted by molar-refractivity contribution is 0.346. The van der Waals surface area contributed by atoms with Crippen molar-refractivity contribution in [1.29, 1.82) is 0 Å². The van der Waals surface area contributed by atoms with Crippen molar-refractivity contribution in [3.05, 3.63) is 65.8 Å². The number of pyridine rings is 1. The lowest BCUT2D eigenvalue weighted by Gasteiger charge is -2.04. The van der Waals surface area contributed by atoms with Crippen LogP contribution in [-0.4, -0.2) is 15.1 Å². The Morgan fingerprint density at radius 3 is 2.17 bits per heavy atom. The van der Waals surface area contributed by atoms with Gasteiger partial charge in [0.25, 0.3) is 0 Å². The molecule has 120 valence electrons. The van der Waals surface area contributed by atoms with Crippen LogP contribution in [0.3, 0.4) is 0 Å². The standard InChI is InChI=1S/C20H19N3O/c1-3-17(4-2)20-22-19(23-24-20)18-9-7-15(8-10-18)5-6-16-11-13-21-14-12-16/h7-14,17H,3-4H2,1-2H3. The van der Waals surface area contributed by atoms with Gasteiger partial charge in [-0.3, -0.25) is 4.98 Å². The highest BCUT2D eigenvalue weighted by molar-refractivity contribution is 5.56. The van der Waals surface area contributed by atoms with Gasteiger partial charge < -0.3 is 4.52 Å². The van der Waals surface area contributed by atoms with Gasteiger partial charge >= 0.3 is 0 Å². The Kier molecular flexibility index (Phi) is 5.02. The zero-order valence-electron chi connectivity index (χ0n) is 13.9. The summed E-state index contributed by atoms with van der Waals surface area (Å²) in [6.45, 7) is 4.27. The van der Waals surface area contributed by atoms with Gasteiger partial charge in [-0.05, 0) is 49.2 Å². The van der Waals surface area contributed by atoms with Crippen LogP contribution >= 0.6 is 0 Å². The molecule has 0 saturated heterocycles. The van der Waals surface area contributed by atoms with Crippen LogP contribution in [0, 0.1) is 11.8 Å². The minimum absolute atomic E-state index is 0.330. The summed E-state index contributed by atoms with van der Waals surface area (Å²) in [6, 6.07) is 11.7. The maximum atomic E-state index is 5.40. The molecule has 0 bridgehead atoms. The number of benzene rings is 1. The van der Waals surface area contributed by atoms with Crippen molar-refractivity contribution in [2.45, 2.75) is 32.6 Å². The molecule has 0 unspecified atom stereocenters. The summed E-state index contributed by atoms with van der Waals surface area (Å²) in [5.41, 5.74) is 2.83. The molecular weight excluding hydrogens is 298 g/mol. The van der Waals surface area contributed by atoms with Crippen LogP contribution in [0.15, 0.2) is 53.3 Å². The molecule has 24 heavy (non-hydrogen) atoms. The zero-order chi connectivity index (χ0) is 16.8. The fraction of sp³-hybridized carbons (Fsp3) is 0.250. The van der Waals surface area contributed by atoms with E-state index in [9.17, 15) is 0 Å². The van der Waals surface area contributed by atoms with E-state index in [0.717, 1.165) is 35.4 Å². The van der Waals surface area contributed by atoms with Crippen molar-refractivity contribution in [2.24, 2.45) is 0 Å². The summed E-state index contributed by atoms with van der Waals surface area (Å²) in [4.78, 5) is 8.51. The SMILES string of the molecule is CCC(CC)c1nc(-c2ccc(C#Cc3ccncc3)cc2)no1. The molecule has 0 amide bonds. The van der Waals surface area contributed by atoms with Crippen LogP contribution < -0.4 is 0 Å². The second-order valence-electron chi connectivity index (χ2n) is 5.53. The molecule has 3 aromatic rings. The largest absolute Gasteiger partial charge is 0.339 e. The fourth-order valence-corrected chi connectivity index (χ4v) is 2.44. The third-order valence-electron chi connectivity index (χ3n) is 3.95. The molecule has 0 aliphatic carbocycles. The lowest BCUT2D eigenvalue weighted by Crippen LogP contribution is -1.95. The van der Waals surface area contributed by atoms with E-state index in [1.54, 1.807) is 12.4 Å². The number of rotatable bonds is 4. The smallest absolute Gasteiger partial charge is 0.230 e. The average Bonchev–Trinajstić information content (AvgIpc) is 3.12. The highest BCUT2D eigenvalue weighted by Gasteiger charge is 2.16. The molecule has 0 aliphatic rings. The maximum Gasteiger partial charge on any atom is 0.230 e. The highest BCUT2D eigenvalue weighted by Crippen LogP contribution is 2.24. The van der Waals surface area contributed by atoms with Gasteiger partial charge in [-0.15, -0.1) is 0 Å². The molecule has 0 fully saturated rings. The van der Waals surface area contributed by atoms with Gasteiger partial charge in [0.1, 0.15) is 0 Å². The van der Waals surface area contributed by atoms with E-state index in [-0.39, 0.29) is 0 Å². The van der Waals surface area contributed by atoms with Crippen LogP contribution in [0.1, 0.15) is 49.6 Å². The van der Waals surface area contributed by atoms with Crippen molar-refractivity contribution in [1.82, 2.24) is 15.1 Å². The maximum absolute atomic E-state index is 5.40. The third-order valence-corrected chi connectivity index (χ3v) is 3.95. The summed E-state index contributed by atoms with van der Waals surface area (Å²) < 4.78 is 5.40. The molecule has 2 heterocycles. The first kappa shape index (κ1) is 15.9. The van der Waals surface area contributed by atoms with Crippen LogP contribution in [0.25, 0.3) is 11.4 Å². The van der Waals surface area contributed by atoms with E-state index in [0.29, 0.717) is 11.7 Å². The van der Waals surface area contributed by atoms with Gasteiger partial charge in [-0.25, -0.2) is 0 Å². The van der Waals surface area contributed by atoms with Gasteiger partial charge in [0.2, 0.25) is 11.7 Å². The fourth-order valence-electron chi connectivity index (χ4n) is 2.44. The second kappa shape index (κ2) is 7.56. The minimum Gasteiger partial charge on any atom is -0.339 e. The first-order chi connectivity index (χ1) is 11.8. The molecule has 0 radical (unpaired) electrons. The Labute approximate surface area is 142 Å². The predicted molar refractivity (Wildman–Crippen MR) is 93.3 cm³/mol. The van der Waals surface area contributed by atoms with Crippen LogP contribution in [-0.2, 0) is 0 Å². The van der Waals surface area contributed by atoms with E-state index in [4.69, 9.17) is 4.52 Å². The summed E-state index contributed by atoms with van der Waals surface area (Å²) in [7, 11) is 0.